The average Bonchev–Trinajstić information content (AvgIpc) is 3.24. The second-order valence-corrected chi connectivity index (χ2v) is 8.79. The van der Waals surface area contributed by atoms with E-state index in [0.29, 0.717) is 30.7 Å². The summed E-state index contributed by atoms with van der Waals surface area (Å²) < 4.78 is 7.71. The van der Waals surface area contributed by atoms with E-state index < -0.39 is 5.41 Å². The van der Waals surface area contributed by atoms with Gasteiger partial charge in [0.1, 0.15) is 12.4 Å². The van der Waals surface area contributed by atoms with E-state index in [4.69, 9.17) is 4.74 Å². The van der Waals surface area contributed by atoms with Crippen molar-refractivity contribution in [1.29, 1.82) is 0 Å². The van der Waals surface area contributed by atoms with Crippen molar-refractivity contribution in [2.24, 2.45) is 18.4 Å². The molecule has 0 amide bonds. The van der Waals surface area contributed by atoms with Crippen LogP contribution in [-0.4, -0.2) is 52.2 Å². The molecule has 0 unspecified atom stereocenters. The number of aryl methyl sites for hydroxylation is 2. The highest BCUT2D eigenvalue weighted by atomic mass is 16.5. The predicted octanol–water partition coefficient (Wildman–Crippen LogP) is 3.22. The van der Waals surface area contributed by atoms with Gasteiger partial charge < -0.3 is 9.64 Å². The van der Waals surface area contributed by atoms with Crippen molar-refractivity contribution >= 4 is 5.78 Å². The van der Waals surface area contributed by atoms with Crippen LogP contribution in [0.15, 0.2) is 30.7 Å². The second-order valence-electron chi connectivity index (χ2n) is 8.79. The van der Waals surface area contributed by atoms with Crippen LogP contribution >= 0.6 is 0 Å². The molecule has 0 bridgehead atoms. The number of likely N-dealkylation sites (N-methyl/N-ethyl adjacent to an activating group) is 1. The topological polar surface area (TPSA) is 60.2 Å². The molecule has 2 aromatic rings. The third-order valence-electron chi connectivity index (χ3n) is 5.80. The number of ketones is 1. The van der Waals surface area contributed by atoms with Crippen LogP contribution in [0.5, 0.6) is 5.88 Å². The quantitative estimate of drug-likeness (QED) is 0.699. The lowest BCUT2D eigenvalue weighted by Crippen LogP contribution is -2.32. The highest BCUT2D eigenvalue weighted by Gasteiger charge is 2.35. The number of hydrogen-bond acceptors (Lipinski definition) is 5. The summed E-state index contributed by atoms with van der Waals surface area (Å²) in [6.45, 7) is 8.29. The van der Waals surface area contributed by atoms with Gasteiger partial charge in [0.2, 0.25) is 5.88 Å². The number of ether oxygens (including phenoxy) is 1. The Labute approximate surface area is 167 Å². The van der Waals surface area contributed by atoms with Gasteiger partial charge in [0.05, 0.1) is 11.6 Å². The highest BCUT2D eigenvalue weighted by molar-refractivity contribution is 5.84. The van der Waals surface area contributed by atoms with Crippen LogP contribution in [0.4, 0.5) is 0 Å². The minimum atomic E-state index is -0.529. The number of nitrogens with zero attached hydrogens (tertiary/aromatic N) is 4. The number of rotatable bonds is 8. The number of Topliss-reactive ketones (excluding diaryl/α,β-unsaturated/α-hetero) is 1. The number of likely N-dealkylation sites (tertiary alicyclic amines) is 1. The standard InChI is InChI=1S/C22H32N4O2/c1-16-7-6-10-23-21(16)28-15-22(2,3)20(27)9-8-17-12-25(4)14-19(17)18-11-24-26(5)13-18/h6-7,10-11,13,17,19H,8-9,12,14-15H2,1-5H3/t17-,19-/m0/s1. The Morgan fingerprint density at radius 3 is 2.79 bits per heavy atom. The molecule has 28 heavy (non-hydrogen) atoms. The molecule has 0 aromatic carbocycles. The van der Waals surface area contributed by atoms with Crippen LogP contribution in [0.25, 0.3) is 0 Å². The summed E-state index contributed by atoms with van der Waals surface area (Å²) in [5.74, 6) is 1.79. The molecule has 1 fully saturated rings. The molecule has 6 nitrogen and oxygen atoms in total. The van der Waals surface area contributed by atoms with Crippen molar-refractivity contribution in [3.05, 3.63) is 41.9 Å². The number of pyridine rings is 1. The lowest BCUT2D eigenvalue weighted by Gasteiger charge is -2.25. The summed E-state index contributed by atoms with van der Waals surface area (Å²) in [7, 11) is 4.10. The van der Waals surface area contributed by atoms with E-state index in [1.165, 1.54) is 5.56 Å². The molecule has 3 heterocycles. The maximum atomic E-state index is 12.9. The first-order valence-electron chi connectivity index (χ1n) is 10.0. The molecule has 0 N–H and O–H groups in total. The molecule has 0 radical (unpaired) electrons. The van der Waals surface area contributed by atoms with E-state index in [1.54, 1.807) is 6.20 Å². The lowest BCUT2D eigenvalue weighted by molar-refractivity contribution is -0.128. The summed E-state index contributed by atoms with van der Waals surface area (Å²) in [4.78, 5) is 19.5. The number of aromatic nitrogens is 3. The van der Waals surface area contributed by atoms with Crippen molar-refractivity contribution in [3.63, 3.8) is 0 Å². The summed E-state index contributed by atoms with van der Waals surface area (Å²) in [5, 5.41) is 4.32. The van der Waals surface area contributed by atoms with Crippen LogP contribution in [0.2, 0.25) is 0 Å². The molecule has 0 spiro atoms. The fourth-order valence-corrected chi connectivity index (χ4v) is 4.00. The second kappa shape index (κ2) is 8.43. The van der Waals surface area contributed by atoms with Crippen LogP contribution in [0.1, 0.15) is 43.7 Å². The van der Waals surface area contributed by atoms with Crippen LogP contribution in [0.3, 0.4) is 0 Å². The van der Waals surface area contributed by atoms with E-state index in [0.717, 1.165) is 25.1 Å². The van der Waals surface area contributed by atoms with E-state index in [2.05, 4.69) is 28.2 Å². The Balaban J connectivity index is 1.56. The Hall–Kier alpha value is -2.21. The van der Waals surface area contributed by atoms with Gasteiger partial charge >= 0.3 is 0 Å². The molecule has 0 aliphatic carbocycles. The van der Waals surface area contributed by atoms with Gasteiger partial charge in [0, 0.05) is 50.4 Å². The Morgan fingerprint density at radius 2 is 2.11 bits per heavy atom. The van der Waals surface area contributed by atoms with Gasteiger partial charge in [-0.25, -0.2) is 4.98 Å². The molecule has 2 aromatic heterocycles. The summed E-state index contributed by atoms with van der Waals surface area (Å²) >= 11 is 0. The van der Waals surface area contributed by atoms with Gasteiger partial charge in [-0.3, -0.25) is 9.48 Å². The van der Waals surface area contributed by atoms with Gasteiger partial charge in [-0.15, -0.1) is 0 Å². The minimum Gasteiger partial charge on any atom is -0.476 e. The zero-order valence-corrected chi connectivity index (χ0v) is 17.7. The summed E-state index contributed by atoms with van der Waals surface area (Å²) in [6, 6.07) is 3.85. The first kappa shape index (κ1) is 20.5. The molecule has 2 atom stereocenters. The molecule has 1 aliphatic heterocycles. The van der Waals surface area contributed by atoms with Gasteiger partial charge in [0.15, 0.2) is 0 Å². The van der Waals surface area contributed by atoms with Crippen LogP contribution in [0, 0.1) is 18.3 Å². The van der Waals surface area contributed by atoms with Crippen molar-refractivity contribution in [1.82, 2.24) is 19.7 Å². The van der Waals surface area contributed by atoms with E-state index in [1.807, 2.05) is 50.8 Å². The Bertz CT molecular complexity index is 814. The first-order valence-corrected chi connectivity index (χ1v) is 10.0. The van der Waals surface area contributed by atoms with E-state index in [-0.39, 0.29) is 5.78 Å². The minimum absolute atomic E-state index is 0.251. The van der Waals surface area contributed by atoms with Gasteiger partial charge in [-0.2, -0.15) is 5.10 Å². The molecule has 1 aliphatic rings. The number of carbonyl (C=O) groups excluding carboxylic acids is 1. The normalized spacial score (nSPS) is 20.5. The highest BCUT2D eigenvalue weighted by Crippen LogP contribution is 2.35. The molecular weight excluding hydrogens is 352 g/mol. The average molecular weight is 385 g/mol. The predicted molar refractivity (Wildman–Crippen MR) is 109 cm³/mol. The zero-order valence-electron chi connectivity index (χ0n) is 17.7. The molecule has 3 rings (SSSR count). The maximum absolute atomic E-state index is 12.9. The fraction of sp³-hybridized carbons (Fsp3) is 0.591. The molecular formula is C22H32N4O2. The molecule has 152 valence electrons. The monoisotopic (exact) mass is 384 g/mol. The van der Waals surface area contributed by atoms with E-state index in [9.17, 15) is 4.79 Å². The third kappa shape index (κ3) is 4.79. The Kier molecular flexibility index (Phi) is 6.18. The third-order valence-corrected chi connectivity index (χ3v) is 5.80. The summed E-state index contributed by atoms with van der Waals surface area (Å²) in [6.07, 6.45) is 7.26. The van der Waals surface area contributed by atoms with Crippen molar-refractivity contribution in [3.8, 4) is 5.88 Å². The van der Waals surface area contributed by atoms with Gasteiger partial charge in [-0.1, -0.05) is 6.07 Å². The SMILES string of the molecule is Cc1cccnc1OCC(C)(C)C(=O)CC[C@H]1CN(C)C[C@@H]1c1cnn(C)c1. The number of hydrogen-bond donors (Lipinski definition) is 0. The molecule has 1 saturated heterocycles. The van der Waals surface area contributed by atoms with Crippen molar-refractivity contribution in [2.45, 2.75) is 39.5 Å². The smallest absolute Gasteiger partial charge is 0.216 e. The first-order chi connectivity index (χ1) is 13.3. The van der Waals surface area contributed by atoms with E-state index >= 15 is 0 Å². The maximum Gasteiger partial charge on any atom is 0.216 e. The summed E-state index contributed by atoms with van der Waals surface area (Å²) in [5.41, 5.74) is 1.73. The van der Waals surface area contributed by atoms with Crippen LogP contribution < -0.4 is 4.74 Å². The largest absolute Gasteiger partial charge is 0.476 e. The fourth-order valence-electron chi connectivity index (χ4n) is 4.00. The van der Waals surface area contributed by atoms with Gasteiger partial charge in [-0.05, 0) is 51.8 Å². The van der Waals surface area contributed by atoms with Gasteiger partial charge in [0.25, 0.3) is 0 Å². The molecule has 6 heteroatoms. The van der Waals surface area contributed by atoms with Crippen LogP contribution in [-0.2, 0) is 11.8 Å². The van der Waals surface area contributed by atoms with Crippen molar-refractivity contribution < 1.29 is 9.53 Å². The Morgan fingerprint density at radius 1 is 1.32 bits per heavy atom. The van der Waals surface area contributed by atoms with Crippen molar-refractivity contribution in [2.75, 3.05) is 26.7 Å². The molecule has 0 saturated carbocycles. The number of carbonyl (C=O) groups is 1. The zero-order chi connectivity index (χ0) is 20.3. The lowest BCUT2D eigenvalue weighted by atomic mass is 9.82.